The van der Waals surface area contributed by atoms with Crippen LogP contribution in [0.1, 0.15) is 23.3 Å². The summed E-state index contributed by atoms with van der Waals surface area (Å²) in [6.45, 7) is 0.302. The van der Waals surface area contributed by atoms with Gasteiger partial charge in [-0.3, -0.25) is 4.79 Å². The summed E-state index contributed by atoms with van der Waals surface area (Å²) in [5, 5.41) is 19.5. The zero-order valence-corrected chi connectivity index (χ0v) is 12.3. The fourth-order valence-corrected chi connectivity index (χ4v) is 2.18. The third-order valence-corrected chi connectivity index (χ3v) is 3.54. The van der Waals surface area contributed by atoms with Gasteiger partial charge in [0.25, 0.3) is 5.91 Å². The number of aromatic nitrogens is 6. The summed E-state index contributed by atoms with van der Waals surface area (Å²) >= 11 is 0. The van der Waals surface area contributed by atoms with E-state index in [1.54, 1.807) is 16.9 Å². The molecule has 1 aliphatic carbocycles. The molecule has 0 aliphatic heterocycles. The molecular weight excluding hydrogens is 294 g/mol. The van der Waals surface area contributed by atoms with Crippen LogP contribution >= 0.6 is 0 Å². The highest BCUT2D eigenvalue weighted by Crippen LogP contribution is 2.19. The van der Waals surface area contributed by atoms with Gasteiger partial charge in [-0.2, -0.15) is 5.10 Å². The fraction of sp³-hybridized carbons (Fsp3) is 0.267. The van der Waals surface area contributed by atoms with Crippen molar-refractivity contribution < 1.29 is 4.79 Å². The molecule has 1 amide bonds. The molecule has 1 fully saturated rings. The largest absolute Gasteiger partial charge is 0.348 e. The van der Waals surface area contributed by atoms with Crippen LogP contribution in [0.3, 0.4) is 0 Å². The van der Waals surface area contributed by atoms with Gasteiger partial charge in [0.1, 0.15) is 5.69 Å². The van der Waals surface area contributed by atoms with Crippen LogP contribution in [0.4, 0.5) is 0 Å². The maximum atomic E-state index is 11.9. The number of nitrogens with zero attached hydrogens (tertiary/aromatic N) is 6. The molecule has 8 heteroatoms. The van der Waals surface area contributed by atoms with Crippen molar-refractivity contribution in [2.75, 3.05) is 0 Å². The highest BCUT2D eigenvalue weighted by atomic mass is 16.2. The van der Waals surface area contributed by atoms with Crippen molar-refractivity contribution >= 4 is 5.91 Å². The Kier molecular flexibility index (Phi) is 3.34. The molecule has 116 valence electrons. The van der Waals surface area contributed by atoms with Crippen LogP contribution in [-0.2, 0) is 6.67 Å². The van der Waals surface area contributed by atoms with Crippen molar-refractivity contribution in [2.24, 2.45) is 0 Å². The quantitative estimate of drug-likeness (QED) is 0.757. The number of rotatable bonds is 5. The van der Waals surface area contributed by atoms with Crippen molar-refractivity contribution in [3.05, 3.63) is 48.3 Å². The molecule has 4 rings (SSSR count). The van der Waals surface area contributed by atoms with Crippen LogP contribution in [0.5, 0.6) is 0 Å². The summed E-state index contributed by atoms with van der Waals surface area (Å²) in [6.07, 6.45) is 3.84. The molecule has 2 aromatic heterocycles. The number of amides is 1. The van der Waals surface area contributed by atoms with Crippen molar-refractivity contribution in [3.63, 3.8) is 0 Å². The van der Waals surface area contributed by atoms with Gasteiger partial charge in [-0.1, -0.05) is 30.3 Å². The Morgan fingerprint density at radius 1 is 1.17 bits per heavy atom. The molecule has 0 saturated heterocycles. The van der Waals surface area contributed by atoms with Crippen molar-refractivity contribution in [1.82, 2.24) is 35.3 Å². The van der Waals surface area contributed by atoms with E-state index in [0.717, 1.165) is 18.4 Å². The van der Waals surface area contributed by atoms with Gasteiger partial charge < -0.3 is 5.32 Å². The molecule has 1 N–H and O–H groups in total. The van der Waals surface area contributed by atoms with Gasteiger partial charge in [-0.15, -0.1) is 15.0 Å². The Labute approximate surface area is 132 Å². The number of nitrogens with one attached hydrogen (secondary N) is 1. The molecule has 0 unspecified atom stereocenters. The van der Waals surface area contributed by atoms with E-state index in [-0.39, 0.29) is 5.91 Å². The number of benzene rings is 1. The van der Waals surface area contributed by atoms with Crippen LogP contribution in [0.25, 0.3) is 11.4 Å². The fourth-order valence-electron chi connectivity index (χ4n) is 2.18. The van der Waals surface area contributed by atoms with Crippen LogP contribution in [0.15, 0.2) is 42.6 Å². The topological polar surface area (TPSA) is 90.5 Å². The SMILES string of the molecule is O=C(NC1CC1)c1ccn(Cn2nnc(-c3ccccc3)n2)n1. The van der Waals surface area contributed by atoms with Gasteiger partial charge in [-0.25, -0.2) is 4.68 Å². The summed E-state index contributed by atoms with van der Waals surface area (Å²) in [4.78, 5) is 13.4. The maximum absolute atomic E-state index is 11.9. The van der Waals surface area contributed by atoms with E-state index >= 15 is 0 Å². The van der Waals surface area contributed by atoms with E-state index in [4.69, 9.17) is 0 Å². The second kappa shape index (κ2) is 5.64. The molecule has 0 radical (unpaired) electrons. The molecule has 8 nitrogen and oxygen atoms in total. The van der Waals surface area contributed by atoms with Gasteiger partial charge in [0.15, 0.2) is 6.67 Å². The summed E-state index contributed by atoms with van der Waals surface area (Å²) in [5.41, 5.74) is 1.31. The lowest BCUT2D eigenvalue weighted by molar-refractivity contribution is 0.0945. The first-order valence-corrected chi connectivity index (χ1v) is 7.45. The highest BCUT2D eigenvalue weighted by molar-refractivity contribution is 5.92. The lowest BCUT2D eigenvalue weighted by Crippen LogP contribution is -2.26. The van der Waals surface area contributed by atoms with E-state index in [1.807, 2.05) is 30.3 Å². The van der Waals surface area contributed by atoms with Crippen LogP contribution < -0.4 is 5.32 Å². The number of hydrogen-bond donors (Lipinski definition) is 1. The molecule has 2 heterocycles. The second-order valence-corrected chi connectivity index (χ2v) is 5.48. The molecule has 3 aromatic rings. The van der Waals surface area contributed by atoms with Crippen LogP contribution in [0, 0.1) is 0 Å². The summed E-state index contributed by atoms with van der Waals surface area (Å²) in [6, 6.07) is 11.6. The average molecular weight is 309 g/mol. The second-order valence-electron chi connectivity index (χ2n) is 5.48. The minimum atomic E-state index is -0.136. The van der Waals surface area contributed by atoms with Crippen molar-refractivity contribution in [2.45, 2.75) is 25.6 Å². The highest BCUT2D eigenvalue weighted by Gasteiger charge is 2.24. The Hall–Kier alpha value is -3.03. The Morgan fingerprint density at radius 2 is 2.00 bits per heavy atom. The minimum Gasteiger partial charge on any atom is -0.348 e. The maximum Gasteiger partial charge on any atom is 0.271 e. The zero-order valence-electron chi connectivity index (χ0n) is 12.3. The van der Waals surface area contributed by atoms with E-state index in [0.29, 0.717) is 24.2 Å². The first-order chi connectivity index (χ1) is 11.3. The minimum absolute atomic E-state index is 0.136. The number of tetrazole rings is 1. The van der Waals surface area contributed by atoms with E-state index in [1.165, 1.54) is 4.80 Å². The molecule has 1 aromatic carbocycles. The first-order valence-electron chi connectivity index (χ1n) is 7.45. The third kappa shape index (κ3) is 3.10. The average Bonchev–Trinajstić information content (AvgIpc) is 3.08. The molecular formula is C15H15N7O. The summed E-state index contributed by atoms with van der Waals surface area (Å²) in [7, 11) is 0. The van der Waals surface area contributed by atoms with Crippen LogP contribution in [-0.4, -0.2) is 41.9 Å². The number of carbonyl (C=O) groups excluding carboxylic acids is 1. The normalized spacial score (nSPS) is 13.9. The molecule has 0 bridgehead atoms. The van der Waals surface area contributed by atoms with E-state index < -0.39 is 0 Å². The first kappa shape index (κ1) is 13.6. The number of carbonyl (C=O) groups is 1. The molecule has 0 spiro atoms. The predicted molar refractivity (Wildman–Crippen MR) is 81.4 cm³/mol. The van der Waals surface area contributed by atoms with E-state index in [2.05, 4.69) is 25.8 Å². The van der Waals surface area contributed by atoms with Gasteiger partial charge in [0, 0.05) is 17.8 Å². The Morgan fingerprint density at radius 3 is 2.78 bits per heavy atom. The summed E-state index contributed by atoms with van der Waals surface area (Å²) < 4.78 is 1.61. The van der Waals surface area contributed by atoms with Gasteiger partial charge in [0.05, 0.1) is 0 Å². The van der Waals surface area contributed by atoms with Crippen LogP contribution in [0.2, 0.25) is 0 Å². The molecule has 1 saturated carbocycles. The lowest BCUT2D eigenvalue weighted by Gasteiger charge is -2.00. The standard InChI is InChI=1S/C15H15N7O/c23-15(16-12-6-7-12)13-8-9-21(18-13)10-22-19-14(17-20-22)11-4-2-1-3-5-11/h1-5,8-9,12H,6-7,10H2,(H,16,23). The molecule has 1 aliphatic rings. The zero-order chi connectivity index (χ0) is 15.6. The smallest absolute Gasteiger partial charge is 0.271 e. The summed E-state index contributed by atoms with van der Waals surface area (Å²) in [5.74, 6) is 0.423. The Balaban J connectivity index is 1.45. The van der Waals surface area contributed by atoms with E-state index in [9.17, 15) is 4.79 Å². The third-order valence-electron chi connectivity index (χ3n) is 3.54. The van der Waals surface area contributed by atoms with Gasteiger partial charge in [-0.05, 0) is 24.1 Å². The Bertz CT molecular complexity index is 819. The predicted octanol–water partition coefficient (Wildman–Crippen LogP) is 0.935. The number of hydrogen-bond acceptors (Lipinski definition) is 5. The van der Waals surface area contributed by atoms with Gasteiger partial charge >= 0.3 is 0 Å². The van der Waals surface area contributed by atoms with Crippen molar-refractivity contribution in [1.29, 1.82) is 0 Å². The van der Waals surface area contributed by atoms with Crippen molar-refractivity contribution in [3.8, 4) is 11.4 Å². The molecule has 0 atom stereocenters. The monoisotopic (exact) mass is 309 g/mol. The lowest BCUT2D eigenvalue weighted by atomic mass is 10.2. The molecule has 23 heavy (non-hydrogen) atoms. The van der Waals surface area contributed by atoms with Gasteiger partial charge in [0.2, 0.25) is 5.82 Å².